The smallest absolute Gasteiger partial charge is 0.329 e. The molecule has 0 aromatic heterocycles. The molecule has 1 fully saturated rings. The Bertz CT molecular complexity index is 979. The molecule has 0 saturated carbocycles. The molecule has 3 rings (SSSR count). The third-order valence-electron chi connectivity index (χ3n) is 5.54. The van der Waals surface area contributed by atoms with E-state index in [0.29, 0.717) is 11.3 Å². The first-order valence-electron chi connectivity index (χ1n) is 9.52. The van der Waals surface area contributed by atoms with Crippen molar-refractivity contribution >= 4 is 23.7 Å². The van der Waals surface area contributed by atoms with Gasteiger partial charge in [-0.15, -0.1) is 0 Å². The van der Waals surface area contributed by atoms with Gasteiger partial charge < -0.3 is 24.8 Å². The van der Waals surface area contributed by atoms with E-state index in [1.807, 2.05) is 0 Å². The van der Waals surface area contributed by atoms with Crippen LogP contribution in [0.2, 0.25) is 0 Å². The Labute approximate surface area is 178 Å². The average Bonchev–Trinajstić information content (AvgIpc) is 3.09. The third-order valence-corrected chi connectivity index (χ3v) is 5.54. The number of carbonyl (C=O) groups excluding carboxylic acids is 2. The number of nitrogens with one attached hydrogen (secondary N) is 1. The number of carbonyl (C=O) groups is 3. The molecule has 2 N–H and O–H groups in total. The second-order valence-corrected chi connectivity index (χ2v) is 7.44. The maximum atomic E-state index is 13.3. The minimum absolute atomic E-state index is 0.136. The first kappa shape index (κ1) is 22.1. The number of rotatable bonds is 5. The Balaban J connectivity index is 2.07. The van der Waals surface area contributed by atoms with E-state index in [4.69, 9.17) is 9.47 Å². The van der Waals surface area contributed by atoms with Crippen molar-refractivity contribution in [3.05, 3.63) is 59.9 Å². The molecule has 164 valence electrons. The van der Waals surface area contributed by atoms with Gasteiger partial charge in [0.15, 0.2) is 0 Å². The Kier molecular flexibility index (Phi) is 6.14. The Morgan fingerprint density at radius 2 is 1.71 bits per heavy atom. The Morgan fingerprint density at radius 3 is 2.23 bits per heavy atom. The van der Waals surface area contributed by atoms with E-state index in [1.54, 1.807) is 24.3 Å². The summed E-state index contributed by atoms with van der Waals surface area (Å²) in [5.41, 5.74) is -0.849. The lowest BCUT2D eigenvalue weighted by Crippen LogP contribution is -2.53. The highest BCUT2D eigenvalue weighted by Gasteiger charge is 2.58. The number of hydrogen-bond donors (Lipinski definition) is 2. The Morgan fingerprint density at radius 1 is 1.10 bits per heavy atom. The third kappa shape index (κ3) is 4.16. The molecule has 8 nitrogen and oxygen atoms in total. The molecule has 3 atom stereocenters. The maximum absolute atomic E-state index is 13.3. The van der Waals surface area contributed by atoms with Gasteiger partial charge in [-0.25, -0.2) is 14.0 Å². The van der Waals surface area contributed by atoms with Crippen LogP contribution in [-0.4, -0.2) is 47.7 Å². The van der Waals surface area contributed by atoms with Crippen molar-refractivity contribution in [3.63, 3.8) is 0 Å². The monoisotopic (exact) mass is 430 g/mol. The predicted octanol–water partition coefficient (Wildman–Crippen LogP) is 3.45. The van der Waals surface area contributed by atoms with Gasteiger partial charge >= 0.3 is 18.0 Å². The fourth-order valence-corrected chi connectivity index (χ4v) is 3.93. The van der Waals surface area contributed by atoms with Crippen molar-refractivity contribution in [2.24, 2.45) is 5.92 Å². The van der Waals surface area contributed by atoms with Crippen LogP contribution in [-0.2, 0) is 14.3 Å². The number of hydrogen-bond acceptors (Lipinski definition) is 5. The zero-order valence-electron chi connectivity index (χ0n) is 17.3. The second kappa shape index (κ2) is 8.63. The van der Waals surface area contributed by atoms with E-state index in [9.17, 15) is 23.9 Å². The number of nitrogens with zero attached hydrogens (tertiary/aromatic N) is 1. The zero-order chi connectivity index (χ0) is 22.8. The molecular weight excluding hydrogens is 407 g/mol. The van der Waals surface area contributed by atoms with E-state index in [0.717, 1.165) is 4.90 Å². The average molecular weight is 430 g/mol. The molecule has 0 aliphatic carbocycles. The molecule has 0 spiro atoms. The summed E-state index contributed by atoms with van der Waals surface area (Å²) in [6.45, 7) is 1.39. The minimum Gasteiger partial charge on any atom is -0.497 e. The van der Waals surface area contributed by atoms with Crippen molar-refractivity contribution in [2.75, 3.05) is 19.5 Å². The standard InChI is InChI=1S/C22H23FN2O6/c1-22(20(27)28)12-17(19(26)31-3)18(13-4-10-16(30-2)11-5-13)25(22)21(29)24-15-8-6-14(23)7-9-15/h4-11,17-18H,12H2,1-3H3,(H,24,29)(H,27,28). The topological polar surface area (TPSA) is 105 Å². The molecule has 9 heteroatoms. The predicted molar refractivity (Wildman–Crippen MR) is 109 cm³/mol. The van der Waals surface area contributed by atoms with Crippen molar-refractivity contribution < 1.29 is 33.4 Å². The summed E-state index contributed by atoms with van der Waals surface area (Å²) in [4.78, 5) is 39.2. The zero-order valence-corrected chi connectivity index (χ0v) is 17.3. The van der Waals surface area contributed by atoms with Gasteiger partial charge in [0.1, 0.15) is 17.1 Å². The van der Waals surface area contributed by atoms with Crippen LogP contribution >= 0.6 is 0 Å². The highest BCUT2D eigenvalue weighted by molar-refractivity contribution is 5.96. The largest absolute Gasteiger partial charge is 0.497 e. The number of methoxy groups -OCH3 is 2. The Hall–Kier alpha value is -3.62. The molecule has 31 heavy (non-hydrogen) atoms. The lowest BCUT2D eigenvalue weighted by Gasteiger charge is -2.35. The number of halogens is 1. The molecule has 1 saturated heterocycles. The summed E-state index contributed by atoms with van der Waals surface area (Å²) in [5, 5.41) is 12.6. The van der Waals surface area contributed by atoms with Gasteiger partial charge in [-0.2, -0.15) is 0 Å². The number of esters is 1. The number of anilines is 1. The summed E-state index contributed by atoms with van der Waals surface area (Å²) in [6.07, 6.45) is -0.136. The van der Waals surface area contributed by atoms with Gasteiger partial charge in [0.25, 0.3) is 0 Å². The van der Waals surface area contributed by atoms with Crippen molar-refractivity contribution in [1.82, 2.24) is 4.90 Å². The van der Waals surface area contributed by atoms with Crippen molar-refractivity contribution in [3.8, 4) is 5.75 Å². The lowest BCUT2D eigenvalue weighted by atomic mass is 9.90. The van der Waals surface area contributed by atoms with Crippen LogP contribution in [0.1, 0.15) is 24.9 Å². The second-order valence-electron chi connectivity index (χ2n) is 7.44. The molecule has 3 unspecified atom stereocenters. The van der Waals surface area contributed by atoms with Crippen LogP contribution < -0.4 is 10.1 Å². The quantitative estimate of drug-likeness (QED) is 0.704. The minimum atomic E-state index is -1.69. The van der Waals surface area contributed by atoms with Crippen LogP contribution in [0, 0.1) is 11.7 Å². The summed E-state index contributed by atoms with van der Waals surface area (Å²) >= 11 is 0. The van der Waals surface area contributed by atoms with Gasteiger partial charge in [0, 0.05) is 5.69 Å². The number of benzene rings is 2. The highest BCUT2D eigenvalue weighted by atomic mass is 19.1. The highest BCUT2D eigenvalue weighted by Crippen LogP contribution is 2.48. The van der Waals surface area contributed by atoms with Crippen LogP contribution in [0.3, 0.4) is 0 Å². The molecular formula is C22H23FN2O6. The molecule has 2 amide bonds. The van der Waals surface area contributed by atoms with Gasteiger partial charge in [-0.1, -0.05) is 12.1 Å². The molecule has 2 aromatic rings. The van der Waals surface area contributed by atoms with Gasteiger partial charge in [-0.05, 0) is 55.3 Å². The number of ether oxygens (including phenoxy) is 2. The SMILES string of the molecule is COC(=O)C1CC(C)(C(=O)O)N(C(=O)Nc2ccc(F)cc2)C1c1ccc(OC)cc1. The number of amides is 2. The fourth-order valence-electron chi connectivity index (χ4n) is 3.93. The van der Waals surface area contributed by atoms with Gasteiger partial charge in [0.05, 0.1) is 26.2 Å². The van der Waals surface area contributed by atoms with E-state index in [1.165, 1.54) is 45.4 Å². The van der Waals surface area contributed by atoms with Crippen LogP contribution in [0.4, 0.5) is 14.9 Å². The summed E-state index contributed by atoms with van der Waals surface area (Å²) in [6, 6.07) is 10.1. The van der Waals surface area contributed by atoms with Crippen molar-refractivity contribution in [2.45, 2.75) is 24.9 Å². The first-order valence-corrected chi connectivity index (χ1v) is 9.52. The van der Waals surface area contributed by atoms with Gasteiger partial charge in [0.2, 0.25) is 0 Å². The molecule has 0 radical (unpaired) electrons. The number of aliphatic carboxylic acids is 1. The molecule has 2 aromatic carbocycles. The number of urea groups is 1. The molecule has 0 bridgehead atoms. The van der Waals surface area contributed by atoms with E-state index < -0.39 is 41.3 Å². The number of carboxylic acids is 1. The van der Waals surface area contributed by atoms with Gasteiger partial charge in [-0.3, -0.25) is 4.79 Å². The normalized spacial score (nSPS) is 22.6. The molecule has 1 heterocycles. The summed E-state index contributed by atoms with van der Waals surface area (Å²) < 4.78 is 23.3. The summed E-state index contributed by atoms with van der Waals surface area (Å²) in [7, 11) is 2.72. The van der Waals surface area contributed by atoms with E-state index in [-0.39, 0.29) is 12.1 Å². The lowest BCUT2D eigenvalue weighted by molar-refractivity contribution is -0.147. The number of likely N-dealkylation sites (tertiary alicyclic amines) is 1. The van der Waals surface area contributed by atoms with E-state index >= 15 is 0 Å². The summed E-state index contributed by atoms with van der Waals surface area (Å²) in [5.74, 6) is -2.69. The first-order chi connectivity index (χ1) is 14.7. The molecule has 1 aliphatic rings. The van der Waals surface area contributed by atoms with E-state index in [2.05, 4.69) is 5.32 Å². The van der Waals surface area contributed by atoms with Crippen molar-refractivity contribution in [1.29, 1.82) is 0 Å². The maximum Gasteiger partial charge on any atom is 0.329 e. The molecule has 1 aliphatic heterocycles. The van der Waals surface area contributed by atoms with Crippen LogP contribution in [0.15, 0.2) is 48.5 Å². The van der Waals surface area contributed by atoms with Crippen LogP contribution in [0.25, 0.3) is 0 Å². The number of carboxylic acid groups (broad SMARTS) is 1. The van der Waals surface area contributed by atoms with Crippen LogP contribution in [0.5, 0.6) is 5.75 Å². The fraction of sp³-hybridized carbons (Fsp3) is 0.318.